The molecule has 1 N–H and O–H groups in total. The SMILES string of the molecule is CC1CCC(C)CN(c2nc(OCC34CCCN3CCC4)nc3c(F)c(-c4cc(O)cc5ccccc45)ccc23)C1. The molecular formula is C34H39FN4O2. The molecule has 41 heavy (non-hydrogen) atoms. The fourth-order valence-electron chi connectivity index (χ4n) is 7.57. The molecule has 3 aliphatic heterocycles. The topological polar surface area (TPSA) is 61.7 Å². The minimum absolute atomic E-state index is 0.0466. The average molecular weight is 555 g/mol. The fraction of sp³-hybridized carbons (Fsp3) is 0.471. The quantitative estimate of drug-likeness (QED) is 0.282. The highest BCUT2D eigenvalue weighted by molar-refractivity contribution is 6.01. The molecule has 2 unspecified atom stereocenters. The zero-order chi connectivity index (χ0) is 28.1. The Labute approximate surface area is 241 Å². The van der Waals surface area contributed by atoms with E-state index in [1.165, 1.54) is 25.7 Å². The van der Waals surface area contributed by atoms with Crippen LogP contribution in [0.3, 0.4) is 0 Å². The number of aromatic hydroxyl groups is 1. The summed E-state index contributed by atoms with van der Waals surface area (Å²) in [5.74, 6) is 1.48. The molecule has 1 aromatic heterocycles. The first-order chi connectivity index (χ1) is 19.9. The molecule has 0 spiro atoms. The summed E-state index contributed by atoms with van der Waals surface area (Å²) in [6, 6.07) is 15.1. The van der Waals surface area contributed by atoms with Crippen molar-refractivity contribution in [3.63, 3.8) is 0 Å². The molecule has 0 aliphatic carbocycles. The second-order valence-electron chi connectivity index (χ2n) is 12.8. The Morgan fingerprint density at radius 3 is 2.41 bits per heavy atom. The molecule has 6 nitrogen and oxygen atoms in total. The average Bonchev–Trinajstić information content (AvgIpc) is 3.50. The summed E-state index contributed by atoms with van der Waals surface area (Å²) in [6.45, 7) is 9.07. The van der Waals surface area contributed by atoms with Crippen LogP contribution in [-0.4, -0.2) is 58.3 Å². The summed E-state index contributed by atoms with van der Waals surface area (Å²) in [5.41, 5.74) is 1.37. The molecule has 3 aliphatic rings. The van der Waals surface area contributed by atoms with E-state index >= 15 is 4.39 Å². The first kappa shape index (κ1) is 26.4. The van der Waals surface area contributed by atoms with Gasteiger partial charge in [-0.3, -0.25) is 4.90 Å². The summed E-state index contributed by atoms with van der Waals surface area (Å²) in [4.78, 5) is 14.6. The zero-order valence-corrected chi connectivity index (χ0v) is 24.1. The Morgan fingerprint density at radius 2 is 1.66 bits per heavy atom. The summed E-state index contributed by atoms with van der Waals surface area (Å²) in [6.07, 6.45) is 6.96. The second kappa shape index (κ2) is 10.4. The third-order valence-electron chi connectivity index (χ3n) is 9.70. The largest absolute Gasteiger partial charge is 0.508 e. The molecule has 0 saturated carbocycles. The van der Waals surface area contributed by atoms with Crippen LogP contribution < -0.4 is 9.64 Å². The Balaban J connectivity index is 1.36. The first-order valence-electron chi connectivity index (χ1n) is 15.3. The summed E-state index contributed by atoms with van der Waals surface area (Å²) >= 11 is 0. The number of ether oxygens (including phenoxy) is 1. The van der Waals surface area contributed by atoms with E-state index < -0.39 is 5.82 Å². The number of rotatable bonds is 5. The van der Waals surface area contributed by atoms with Crippen LogP contribution in [0.4, 0.5) is 10.2 Å². The van der Waals surface area contributed by atoms with Gasteiger partial charge in [-0.15, -0.1) is 0 Å². The Hall–Kier alpha value is -3.45. The third kappa shape index (κ3) is 4.78. The molecule has 4 heterocycles. The van der Waals surface area contributed by atoms with E-state index in [9.17, 15) is 5.11 Å². The van der Waals surface area contributed by atoms with E-state index in [2.05, 4.69) is 23.6 Å². The number of phenols is 1. The lowest BCUT2D eigenvalue weighted by Crippen LogP contribution is -2.43. The van der Waals surface area contributed by atoms with Gasteiger partial charge in [0.2, 0.25) is 0 Å². The number of aromatic nitrogens is 2. The van der Waals surface area contributed by atoms with E-state index in [1.807, 2.05) is 36.4 Å². The molecule has 214 valence electrons. The van der Waals surface area contributed by atoms with Crippen molar-refractivity contribution >= 4 is 27.5 Å². The lowest BCUT2D eigenvalue weighted by atomic mass is 9.95. The van der Waals surface area contributed by atoms with Gasteiger partial charge in [0.05, 0.1) is 5.54 Å². The Morgan fingerprint density at radius 1 is 0.927 bits per heavy atom. The monoisotopic (exact) mass is 554 g/mol. The molecule has 0 amide bonds. The summed E-state index contributed by atoms with van der Waals surface area (Å²) in [7, 11) is 0. The molecule has 0 radical (unpaired) electrons. The van der Waals surface area contributed by atoms with Gasteiger partial charge in [-0.25, -0.2) is 4.39 Å². The van der Waals surface area contributed by atoms with E-state index in [-0.39, 0.29) is 22.8 Å². The lowest BCUT2D eigenvalue weighted by Gasteiger charge is -2.31. The Kier molecular flexibility index (Phi) is 6.73. The van der Waals surface area contributed by atoms with E-state index in [0.29, 0.717) is 35.0 Å². The minimum Gasteiger partial charge on any atom is -0.508 e. The predicted molar refractivity (Wildman–Crippen MR) is 162 cm³/mol. The normalized spacial score (nSPS) is 22.8. The molecule has 4 aromatic rings. The predicted octanol–water partition coefficient (Wildman–Crippen LogP) is 7.17. The number of hydrogen-bond donors (Lipinski definition) is 1. The standard InChI is InChI=1S/C34H39FN4O2/c1-22-9-10-23(2)20-38(19-22)32-28-12-11-27(29-18-25(40)17-24-7-3-4-8-26(24)29)30(35)31(28)36-33(37-32)41-21-34-13-5-15-39(34)16-6-14-34/h3-4,7-8,11-12,17-18,22-23,40H,5-6,9-10,13-16,19-21H2,1-2H3. The van der Waals surface area contributed by atoms with Gasteiger partial charge in [0.1, 0.15) is 23.7 Å². The van der Waals surface area contributed by atoms with Crippen LogP contribution in [0, 0.1) is 17.7 Å². The van der Waals surface area contributed by atoms with Crippen LogP contribution in [0.25, 0.3) is 32.8 Å². The maximum absolute atomic E-state index is 16.7. The van der Waals surface area contributed by atoms with Crippen molar-refractivity contribution in [1.82, 2.24) is 14.9 Å². The molecule has 2 atom stereocenters. The maximum atomic E-state index is 16.7. The van der Waals surface area contributed by atoms with Crippen LogP contribution in [0.15, 0.2) is 48.5 Å². The van der Waals surface area contributed by atoms with Gasteiger partial charge < -0.3 is 14.7 Å². The van der Waals surface area contributed by atoms with Gasteiger partial charge in [-0.2, -0.15) is 9.97 Å². The van der Waals surface area contributed by atoms with Crippen molar-refractivity contribution in [2.75, 3.05) is 37.7 Å². The van der Waals surface area contributed by atoms with Gasteiger partial charge in [0.15, 0.2) is 5.82 Å². The number of benzene rings is 3. The molecule has 0 bridgehead atoms. The third-order valence-corrected chi connectivity index (χ3v) is 9.70. The van der Waals surface area contributed by atoms with E-state index in [4.69, 9.17) is 14.7 Å². The number of fused-ring (bicyclic) bond motifs is 3. The van der Waals surface area contributed by atoms with Crippen molar-refractivity contribution in [3.8, 4) is 22.9 Å². The highest BCUT2D eigenvalue weighted by Gasteiger charge is 2.45. The molecule has 3 fully saturated rings. The number of phenolic OH excluding ortho intramolecular Hbond substituents is 1. The fourth-order valence-corrected chi connectivity index (χ4v) is 7.57. The van der Waals surface area contributed by atoms with E-state index in [1.54, 1.807) is 12.1 Å². The maximum Gasteiger partial charge on any atom is 0.319 e. The van der Waals surface area contributed by atoms with Crippen molar-refractivity contribution in [1.29, 1.82) is 0 Å². The lowest BCUT2D eigenvalue weighted by molar-refractivity contribution is 0.108. The van der Waals surface area contributed by atoms with Gasteiger partial charge in [-0.1, -0.05) is 44.2 Å². The highest BCUT2D eigenvalue weighted by Crippen LogP contribution is 2.41. The van der Waals surface area contributed by atoms with E-state index in [0.717, 1.165) is 55.6 Å². The number of nitrogens with zero attached hydrogens (tertiary/aromatic N) is 4. The van der Waals surface area contributed by atoms with Crippen LogP contribution >= 0.6 is 0 Å². The van der Waals surface area contributed by atoms with Crippen LogP contribution in [-0.2, 0) is 0 Å². The first-order valence-corrected chi connectivity index (χ1v) is 15.3. The minimum atomic E-state index is -0.413. The van der Waals surface area contributed by atoms with Crippen molar-refractivity contribution < 1.29 is 14.2 Å². The molecule has 7 rings (SSSR count). The smallest absolute Gasteiger partial charge is 0.319 e. The van der Waals surface area contributed by atoms with Gasteiger partial charge in [0, 0.05) is 24.0 Å². The molecular weight excluding hydrogens is 515 g/mol. The zero-order valence-electron chi connectivity index (χ0n) is 24.1. The Bertz CT molecular complexity index is 1590. The van der Waals surface area contributed by atoms with Gasteiger partial charge >= 0.3 is 6.01 Å². The second-order valence-corrected chi connectivity index (χ2v) is 12.8. The summed E-state index contributed by atoms with van der Waals surface area (Å²) < 4.78 is 23.1. The number of hydrogen-bond acceptors (Lipinski definition) is 6. The van der Waals surface area contributed by atoms with Crippen molar-refractivity contribution in [2.24, 2.45) is 11.8 Å². The number of halogens is 1. The van der Waals surface area contributed by atoms with Crippen LogP contribution in [0.1, 0.15) is 52.4 Å². The van der Waals surface area contributed by atoms with Gasteiger partial charge in [0.25, 0.3) is 0 Å². The van der Waals surface area contributed by atoms with Crippen LogP contribution in [0.2, 0.25) is 0 Å². The molecule has 3 aromatic carbocycles. The van der Waals surface area contributed by atoms with Crippen LogP contribution in [0.5, 0.6) is 11.8 Å². The highest BCUT2D eigenvalue weighted by atomic mass is 19.1. The summed E-state index contributed by atoms with van der Waals surface area (Å²) in [5, 5.41) is 12.9. The van der Waals surface area contributed by atoms with Crippen molar-refractivity contribution in [3.05, 3.63) is 54.3 Å². The van der Waals surface area contributed by atoms with Gasteiger partial charge in [-0.05, 0) is 98.0 Å². The molecule has 3 saturated heterocycles. The van der Waals surface area contributed by atoms with Crippen molar-refractivity contribution in [2.45, 2.75) is 57.9 Å². The number of anilines is 1. The molecule has 7 heteroatoms.